The molecule has 7 nitrogen and oxygen atoms in total. The van der Waals surface area contributed by atoms with E-state index in [1.54, 1.807) is 22.9 Å². The summed E-state index contributed by atoms with van der Waals surface area (Å²) in [6.07, 6.45) is 0. The fraction of sp³-hybridized carbons (Fsp3) is 0.212. The molecule has 1 N–H and O–H groups in total. The third kappa shape index (κ3) is 5.80. The Morgan fingerprint density at radius 3 is 2.27 bits per heavy atom. The van der Waals surface area contributed by atoms with Crippen molar-refractivity contribution in [3.8, 4) is 16.8 Å². The number of fused-ring (bicyclic) bond motifs is 1. The number of rotatable bonds is 9. The van der Waals surface area contributed by atoms with Crippen LogP contribution in [0, 0.1) is 19.8 Å². The number of para-hydroxylation sites is 1. The molecule has 210 valence electrons. The molecule has 0 saturated carbocycles. The molecule has 0 saturated heterocycles. The lowest BCUT2D eigenvalue weighted by atomic mass is 10.1. The van der Waals surface area contributed by atoms with Gasteiger partial charge in [0, 0.05) is 17.5 Å². The molecule has 0 atom stereocenters. The van der Waals surface area contributed by atoms with E-state index in [1.807, 2.05) is 107 Å². The molecule has 0 aliphatic carbocycles. The predicted octanol–water partition coefficient (Wildman–Crippen LogP) is 6.59. The van der Waals surface area contributed by atoms with Gasteiger partial charge in [-0.25, -0.2) is 13.1 Å². The van der Waals surface area contributed by atoms with E-state index in [4.69, 9.17) is 5.10 Å². The minimum Gasteiger partial charge on any atom is -0.309 e. The van der Waals surface area contributed by atoms with E-state index in [9.17, 15) is 13.2 Å². The minimum atomic E-state index is -3.99. The summed E-state index contributed by atoms with van der Waals surface area (Å²) in [4.78, 5) is 13.9. The number of sulfonamides is 1. The molecule has 1 aromatic heterocycles. The van der Waals surface area contributed by atoms with Gasteiger partial charge in [-0.05, 0) is 48.4 Å². The highest BCUT2D eigenvalue weighted by Gasteiger charge is 2.30. The molecular formula is C33H34N4O3S. The molecule has 1 heterocycles. The van der Waals surface area contributed by atoms with Crippen LogP contribution in [0.4, 0.5) is 5.82 Å². The smallest absolute Gasteiger partial charge is 0.244 e. The van der Waals surface area contributed by atoms with Crippen molar-refractivity contribution in [2.45, 2.75) is 32.6 Å². The molecule has 0 aliphatic heterocycles. The van der Waals surface area contributed by atoms with E-state index in [-0.39, 0.29) is 23.9 Å². The fourth-order valence-electron chi connectivity index (χ4n) is 5.11. The summed E-state index contributed by atoms with van der Waals surface area (Å²) in [5.74, 6) is 0.0635. The summed E-state index contributed by atoms with van der Waals surface area (Å²) in [5, 5.41) is 9.30. The molecule has 5 aromatic rings. The molecular weight excluding hydrogens is 532 g/mol. The second-order valence-electron chi connectivity index (χ2n) is 10.6. The molecule has 0 bridgehead atoms. The van der Waals surface area contributed by atoms with Crippen molar-refractivity contribution in [3.05, 3.63) is 108 Å². The minimum absolute atomic E-state index is 0.00664. The predicted molar refractivity (Wildman–Crippen MR) is 165 cm³/mol. The molecule has 4 aromatic carbocycles. The highest BCUT2D eigenvalue weighted by Crippen LogP contribution is 2.34. The first-order valence-corrected chi connectivity index (χ1v) is 15.1. The topological polar surface area (TPSA) is 84.3 Å². The summed E-state index contributed by atoms with van der Waals surface area (Å²) >= 11 is 0. The number of carbonyl (C=O) groups is 1. The molecule has 1 amide bonds. The van der Waals surface area contributed by atoms with Crippen LogP contribution in [-0.2, 0) is 14.8 Å². The van der Waals surface area contributed by atoms with Crippen molar-refractivity contribution in [2.24, 2.45) is 5.92 Å². The first-order valence-electron chi connectivity index (χ1n) is 13.7. The average molecular weight is 567 g/mol. The highest BCUT2D eigenvalue weighted by atomic mass is 32.2. The van der Waals surface area contributed by atoms with Gasteiger partial charge in [-0.1, -0.05) is 98.8 Å². The Hall–Kier alpha value is -4.27. The zero-order valence-corrected chi connectivity index (χ0v) is 24.5. The summed E-state index contributed by atoms with van der Waals surface area (Å²) in [5.41, 5.74) is 4.26. The number of nitrogens with one attached hydrogen (secondary N) is 1. The molecule has 0 radical (unpaired) electrons. The standard InChI is InChI=1S/C33H34N4O3S/c1-23(2)21-36(41(39,40)30-20-12-17-26-14-9-10-18-28(26)30)22-31(38)34-33-32(27-15-6-5-7-16-27)25(4)35-37(33)29-19-11-8-13-24(29)3/h5-20,23H,21-22H2,1-4H3,(H,34,38). The number of amides is 1. The van der Waals surface area contributed by atoms with Crippen molar-refractivity contribution >= 4 is 32.5 Å². The molecule has 0 aliphatic rings. The van der Waals surface area contributed by atoms with Crippen molar-refractivity contribution in [1.29, 1.82) is 0 Å². The van der Waals surface area contributed by atoms with Crippen molar-refractivity contribution in [3.63, 3.8) is 0 Å². The van der Waals surface area contributed by atoms with Crippen LogP contribution in [0.2, 0.25) is 0 Å². The number of benzene rings is 4. The summed E-state index contributed by atoms with van der Waals surface area (Å²) in [7, 11) is -3.99. The Kier molecular flexibility index (Phi) is 8.06. The summed E-state index contributed by atoms with van der Waals surface area (Å²) in [6.45, 7) is 7.63. The number of aryl methyl sites for hydroxylation is 2. The van der Waals surface area contributed by atoms with Gasteiger partial charge in [0.05, 0.1) is 22.8 Å². The third-order valence-corrected chi connectivity index (χ3v) is 8.85. The van der Waals surface area contributed by atoms with Crippen molar-refractivity contribution in [2.75, 3.05) is 18.4 Å². The monoisotopic (exact) mass is 566 g/mol. The fourth-order valence-corrected chi connectivity index (χ4v) is 6.89. The lowest BCUT2D eigenvalue weighted by molar-refractivity contribution is -0.116. The van der Waals surface area contributed by atoms with Gasteiger partial charge in [-0.2, -0.15) is 9.40 Å². The lowest BCUT2D eigenvalue weighted by Gasteiger charge is -2.24. The number of carbonyl (C=O) groups excluding carboxylic acids is 1. The van der Waals surface area contributed by atoms with E-state index in [2.05, 4.69) is 5.32 Å². The van der Waals surface area contributed by atoms with Crippen LogP contribution in [0.3, 0.4) is 0 Å². The van der Waals surface area contributed by atoms with Crippen molar-refractivity contribution < 1.29 is 13.2 Å². The van der Waals surface area contributed by atoms with Gasteiger partial charge in [0.2, 0.25) is 15.9 Å². The van der Waals surface area contributed by atoms with Gasteiger partial charge < -0.3 is 5.32 Å². The van der Waals surface area contributed by atoms with Crippen LogP contribution in [0.25, 0.3) is 27.6 Å². The largest absolute Gasteiger partial charge is 0.309 e. The molecule has 0 unspecified atom stereocenters. The van der Waals surface area contributed by atoms with Gasteiger partial charge in [0.15, 0.2) is 0 Å². The number of anilines is 1. The molecule has 8 heteroatoms. The quantitative estimate of drug-likeness (QED) is 0.218. The summed E-state index contributed by atoms with van der Waals surface area (Å²) in [6, 6.07) is 30.2. The van der Waals surface area contributed by atoms with Crippen LogP contribution < -0.4 is 5.32 Å². The maximum absolute atomic E-state index is 14.0. The molecule has 5 rings (SSSR count). The first kappa shape index (κ1) is 28.3. The van der Waals surface area contributed by atoms with Gasteiger partial charge in [-0.3, -0.25) is 4.79 Å². The molecule has 0 fully saturated rings. The lowest BCUT2D eigenvalue weighted by Crippen LogP contribution is -2.40. The van der Waals surface area contributed by atoms with Gasteiger partial charge in [-0.15, -0.1) is 0 Å². The number of hydrogen-bond acceptors (Lipinski definition) is 4. The normalized spacial score (nSPS) is 11.9. The van der Waals surface area contributed by atoms with E-state index in [0.717, 1.165) is 33.5 Å². The Bertz CT molecular complexity index is 1810. The van der Waals surface area contributed by atoms with E-state index in [0.29, 0.717) is 11.2 Å². The number of aromatic nitrogens is 2. The van der Waals surface area contributed by atoms with Crippen LogP contribution in [0.15, 0.2) is 102 Å². The number of hydrogen-bond donors (Lipinski definition) is 1. The first-order chi connectivity index (χ1) is 19.7. The van der Waals surface area contributed by atoms with E-state index >= 15 is 0 Å². The maximum Gasteiger partial charge on any atom is 0.244 e. The average Bonchev–Trinajstić information content (AvgIpc) is 3.27. The third-order valence-electron chi connectivity index (χ3n) is 6.98. The Balaban J connectivity index is 1.55. The van der Waals surface area contributed by atoms with Gasteiger partial charge >= 0.3 is 0 Å². The molecule has 0 spiro atoms. The van der Waals surface area contributed by atoms with Crippen LogP contribution >= 0.6 is 0 Å². The van der Waals surface area contributed by atoms with Crippen LogP contribution in [0.1, 0.15) is 25.1 Å². The van der Waals surface area contributed by atoms with Gasteiger partial charge in [0.1, 0.15) is 5.82 Å². The van der Waals surface area contributed by atoms with Crippen LogP contribution in [0.5, 0.6) is 0 Å². The van der Waals surface area contributed by atoms with E-state index < -0.39 is 15.9 Å². The maximum atomic E-state index is 14.0. The summed E-state index contributed by atoms with van der Waals surface area (Å²) < 4.78 is 31.1. The SMILES string of the molecule is Cc1ccccc1-n1nc(C)c(-c2ccccc2)c1NC(=O)CN(CC(C)C)S(=O)(=O)c1cccc2ccccc12. The van der Waals surface area contributed by atoms with Gasteiger partial charge in [0.25, 0.3) is 0 Å². The Labute approximate surface area is 241 Å². The second-order valence-corrected chi connectivity index (χ2v) is 12.5. The Morgan fingerprint density at radius 2 is 1.54 bits per heavy atom. The zero-order valence-electron chi connectivity index (χ0n) is 23.7. The second kappa shape index (κ2) is 11.7. The zero-order chi connectivity index (χ0) is 29.1. The Morgan fingerprint density at radius 1 is 0.878 bits per heavy atom. The number of nitrogens with zero attached hydrogens (tertiary/aromatic N) is 3. The highest BCUT2D eigenvalue weighted by molar-refractivity contribution is 7.89. The molecule has 41 heavy (non-hydrogen) atoms. The van der Waals surface area contributed by atoms with E-state index in [1.165, 1.54) is 4.31 Å². The van der Waals surface area contributed by atoms with Crippen LogP contribution in [-0.4, -0.2) is 41.5 Å². The van der Waals surface area contributed by atoms with Crippen molar-refractivity contribution in [1.82, 2.24) is 14.1 Å².